The number of benzene rings is 1. The quantitative estimate of drug-likeness (QED) is 0.570. The summed E-state index contributed by atoms with van der Waals surface area (Å²) in [5, 5.41) is 8.56. The average molecular weight is 465 g/mol. The number of halogens is 3. The molecule has 3 heterocycles. The molecule has 3 fully saturated rings. The molecule has 2 aliphatic heterocycles. The van der Waals surface area contributed by atoms with Crippen LogP contribution in [0.2, 0.25) is 0 Å². The molecule has 180 valence electrons. The first kappa shape index (κ1) is 22.7. The highest BCUT2D eigenvalue weighted by Crippen LogP contribution is 2.64. The monoisotopic (exact) mass is 464 g/mol. The highest BCUT2D eigenvalue weighted by atomic mass is 19.4. The molecular weight excluding hydrogens is 433 g/mol. The normalized spacial score (nSPS) is 26.2. The number of likely N-dealkylation sites (tertiary alicyclic amines) is 1. The summed E-state index contributed by atoms with van der Waals surface area (Å²) in [7, 11) is 1.96. The lowest BCUT2D eigenvalue weighted by molar-refractivity contribution is -0.137. The van der Waals surface area contributed by atoms with Crippen LogP contribution in [0.1, 0.15) is 60.9 Å². The largest absolute Gasteiger partial charge is 0.464 e. The first-order valence-electron chi connectivity index (χ1n) is 11.9. The summed E-state index contributed by atoms with van der Waals surface area (Å²) in [6, 6.07) is 6.32. The van der Waals surface area contributed by atoms with Gasteiger partial charge in [-0.15, -0.1) is 5.10 Å². The van der Waals surface area contributed by atoms with E-state index in [0.717, 1.165) is 76.3 Å². The zero-order valence-corrected chi connectivity index (χ0v) is 19.0. The molecule has 0 amide bonds. The van der Waals surface area contributed by atoms with Gasteiger partial charge >= 0.3 is 12.2 Å². The van der Waals surface area contributed by atoms with Crippen LogP contribution < -0.4 is 4.74 Å². The summed E-state index contributed by atoms with van der Waals surface area (Å²) in [6.45, 7) is 5.12. The van der Waals surface area contributed by atoms with E-state index in [1.807, 2.05) is 11.6 Å². The number of alkyl halides is 3. The van der Waals surface area contributed by atoms with Crippen LogP contribution in [0.5, 0.6) is 6.01 Å². The Morgan fingerprint density at radius 3 is 2.64 bits per heavy atom. The highest BCUT2D eigenvalue weighted by Gasteiger charge is 2.57. The van der Waals surface area contributed by atoms with Crippen molar-refractivity contribution in [2.24, 2.45) is 12.5 Å². The van der Waals surface area contributed by atoms with Crippen LogP contribution in [-0.4, -0.2) is 59.1 Å². The van der Waals surface area contributed by atoms with E-state index in [2.05, 4.69) is 15.1 Å². The second-order valence-corrected chi connectivity index (χ2v) is 9.75. The van der Waals surface area contributed by atoms with E-state index in [1.54, 1.807) is 12.1 Å². The molecule has 0 N–H and O–H groups in total. The Hall–Kier alpha value is -2.13. The van der Waals surface area contributed by atoms with E-state index >= 15 is 0 Å². The summed E-state index contributed by atoms with van der Waals surface area (Å²) in [6.07, 6.45) is 0.743. The van der Waals surface area contributed by atoms with Crippen molar-refractivity contribution in [1.29, 1.82) is 0 Å². The first-order chi connectivity index (χ1) is 15.9. The van der Waals surface area contributed by atoms with Crippen molar-refractivity contribution in [2.75, 3.05) is 39.5 Å². The maximum atomic E-state index is 12.8. The van der Waals surface area contributed by atoms with Crippen LogP contribution in [0.3, 0.4) is 0 Å². The maximum absolute atomic E-state index is 12.8. The van der Waals surface area contributed by atoms with Gasteiger partial charge in [0, 0.05) is 39.3 Å². The van der Waals surface area contributed by atoms with Crippen LogP contribution in [0.15, 0.2) is 24.3 Å². The molecule has 2 atom stereocenters. The Kier molecular flexibility index (Phi) is 6.11. The highest BCUT2D eigenvalue weighted by molar-refractivity contribution is 5.34. The third-order valence-corrected chi connectivity index (χ3v) is 7.60. The topological polar surface area (TPSA) is 52.4 Å². The molecule has 1 aromatic heterocycles. The molecular formula is C24H31F3N4O2. The lowest BCUT2D eigenvalue weighted by Crippen LogP contribution is -2.24. The second-order valence-electron chi connectivity index (χ2n) is 9.75. The van der Waals surface area contributed by atoms with Crippen LogP contribution in [-0.2, 0) is 18.0 Å². The molecule has 33 heavy (non-hydrogen) atoms. The van der Waals surface area contributed by atoms with E-state index in [9.17, 15) is 13.2 Å². The number of rotatable bonds is 7. The number of aromatic nitrogens is 3. The molecule has 1 unspecified atom stereocenters. The third kappa shape index (κ3) is 4.75. The summed E-state index contributed by atoms with van der Waals surface area (Å²) in [4.78, 5) is 2.46. The van der Waals surface area contributed by atoms with E-state index < -0.39 is 11.7 Å². The predicted molar refractivity (Wildman–Crippen MR) is 116 cm³/mol. The lowest BCUT2D eigenvalue weighted by Gasteiger charge is -2.21. The SMILES string of the molecule is Cn1c(OCCCN2CC[C@]3(CC3c3ccc(C(F)(F)F)cc3)C2)nnc1C1CCOCC1. The predicted octanol–water partition coefficient (Wildman–Crippen LogP) is 4.38. The Labute approximate surface area is 192 Å². The molecule has 6 nitrogen and oxygen atoms in total. The summed E-state index contributed by atoms with van der Waals surface area (Å²) in [5.41, 5.74) is 0.704. The van der Waals surface area contributed by atoms with Gasteiger partial charge in [-0.2, -0.15) is 13.2 Å². The van der Waals surface area contributed by atoms with Crippen molar-refractivity contribution in [2.45, 2.75) is 50.1 Å². The molecule has 0 radical (unpaired) electrons. The molecule has 1 spiro atoms. The maximum Gasteiger partial charge on any atom is 0.416 e. The molecule has 2 saturated heterocycles. The minimum Gasteiger partial charge on any atom is -0.464 e. The van der Waals surface area contributed by atoms with Crippen LogP contribution in [0, 0.1) is 5.41 Å². The van der Waals surface area contributed by atoms with Crippen molar-refractivity contribution in [3.8, 4) is 6.01 Å². The standard InChI is InChI=1S/C24H31F3N4O2/c1-30-21(18-7-13-32-14-8-18)28-29-22(30)33-12-2-10-31-11-9-23(16-31)15-20(23)17-3-5-19(6-4-17)24(25,26)27/h3-6,18,20H,2,7-16H2,1H3/t20?,23-/m0/s1. The second kappa shape index (κ2) is 8.91. The van der Waals surface area contributed by atoms with Gasteiger partial charge in [-0.3, -0.25) is 4.57 Å². The van der Waals surface area contributed by atoms with Crippen molar-refractivity contribution in [3.05, 3.63) is 41.2 Å². The van der Waals surface area contributed by atoms with E-state index in [-0.39, 0.29) is 5.41 Å². The Morgan fingerprint density at radius 2 is 1.91 bits per heavy atom. The Bertz CT molecular complexity index is 956. The van der Waals surface area contributed by atoms with E-state index in [4.69, 9.17) is 9.47 Å². The van der Waals surface area contributed by atoms with Crippen molar-refractivity contribution in [1.82, 2.24) is 19.7 Å². The van der Waals surface area contributed by atoms with E-state index in [1.165, 1.54) is 12.1 Å². The van der Waals surface area contributed by atoms with Crippen LogP contribution in [0.25, 0.3) is 0 Å². The van der Waals surface area contributed by atoms with Gasteiger partial charge in [-0.1, -0.05) is 17.2 Å². The van der Waals surface area contributed by atoms with Crippen LogP contribution >= 0.6 is 0 Å². The number of hydrogen-bond acceptors (Lipinski definition) is 5. The molecule has 1 aliphatic carbocycles. The van der Waals surface area contributed by atoms with Gasteiger partial charge in [0.05, 0.1) is 12.2 Å². The number of nitrogens with zero attached hydrogens (tertiary/aromatic N) is 4. The third-order valence-electron chi connectivity index (χ3n) is 7.60. The smallest absolute Gasteiger partial charge is 0.416 e. The number of hydrogen-bond donors (Lipinski definition) is 0. The van der Waals surface area contributed by atoms with Gasteiger partial charge in [0.2, 0.25) is 0 Å². The minimum atomic E-state index is -4.27. The zero-order chi connectivity index (χ0) is 23.1. The minimum absolute atomic E-state index is 0.239. The molecule has 1 saturated carbocycles. The van der Waals surface area contributed by atoms with Gasteiger partial charge in [-0.25, -0.2) is 0 Å². The fourth-order valence-corrected chi connectivity index (χ4v) is 5.56. The molecule has 5 rings (SSSR count). The van der Waals surface area contributed by atoms with Crippen LogP contribution in [0.4, 0.5) is 13.2 Å². The van der Waals surface area contributed by atoms with Crippen molar-refractivity contribution in [3.63, 3.8) is 0 Å². The van der Waals surface area contributed by atoms with Crippen molar-refractivity contribution >= 4 is 0 Å². The molecule has 3 aliphatic rings. The fourth-order valence-electron chi connectivity index (χ4n) is 5.56. The Balaban J connectivity index is 1.06. The molecule has 1 aromatic carbocycles. The average Bonchev–Trinajstić information content (AvgIpc) is 3.15. The Morgan fingerprint density at radius 1 is 1.15 bits per heavy atom. The lowest BCUT2D eigenvalue weighted by atomic mass is 9.97. The fraction of sp³-hybridized carbons (Fsp3) is 0.667. The van der Waals surface area contributed by atoms with Gasteiger partial charge in [-0.05, 0) is 67.7 Å². The molecule has 2 aromatic rings. The zero-order valence-electron chi connectivity index (χ0n) is 19.0. The van der Waals surface area contributed by atoms with Gasteiger partial charge < -0.3 is 14.4 Å². The van der Waals surface area contributed by atoms with Gasteiger partial charge in [0.25, 0.3) is 0 Å². The summed E-state index contributed by atoms with van der Waals surface area (Å²) >= 11 is 0. The van der Waals surface area contributed by atoms with Gasteiger partial charge in [0.1, 0.15) is 5.82 Å². The first-order valence-corrected chi connectivity index (χ1v) is 11.9. The molecule has 0 bridgehead atoms. The van der Waals surface area contributed by atoms with E-state index in [0.29, 0.717) is 24.5 Å². The summed E-state index contributed by atoms with van der Waals surface area (Å²) < 4.78 is 51.7. The van der Waals surface area contributed by atoms with Gasteiger partial charge in [0.15, 0.2) is 0 Å². The number of ether oxygens (including phenoxy) is 2. The summed E-state index contributed by atoms with van der Waals surface area (Å²) in [5.74, 6) is 1.73. The molecule has 9 heteroatoms. The van der Waals surface area contributed by atoms with Crippen molar-refractivity contribution < 1.29 is 22.6 Å².